The van der Waals surface area contributed by atoms with Crippen LogP contribution in [0.4, 0.5) is 36.3 Å². The van der Waals surface area contributed by atoms with Gasteiger partial charge in [0.15, 0.2) is 0 Å². The highest BCUT2D eigenvalue weighted by molar-refractivity contribution is 5.69. The molecule has 0 amide bonds. The maximum Gasteiger partial charge on any atom is 0.421 e. The quantitative estimate of drug-likeness (QED) is 0.755. The average molecular weight is 409 g/mol. The molecule has 1 aliphatic carbocycles. The van der Waals surface area contributed by atoms with E-state index in [-0.39, 0.29) is 17.9 Å². The van der Waals surface area contributed by atoms with E-state index < -0.39 is 11.7 Å². The molecular weight excluding hydrogens is 387 g/mol. The normalized spacial score (nSPS) is 17.2. The van der Waals surface area contributed by atoms with Crippen molar-refractivity contribution in [3.63, 3.8) is 0 Å². The van der Waals surface area contributed by atoms with Gasteiger partial charge >= 0.3 is 6.18 Å². The van der Waals surface area contributed by atoms with Crippen molar-refractivity contribution in [3.05, 3.63) is 30.0 Å². The van der Waals surface area contributed by atoms with Crippen LogP contribution in [0.1, 0.15) is 18.4 Å². The molecule has 0 spiro atoms. The van der Waals surface area contributed by atoms with Crippen molar-refractivity contribution in [2.45, 2.75) is 25.1 Å². The summed E-state index contributed by atoms with van der Waals surface area (Å²) in [4.78, 5) is 10.0. The number of benzene rings is 1. The van der Waals surface area contributed by atoms with Gasteiger partial charge in [-0.3, -0.25) is 0 Å². The second-order valence-corrected chi connectivity index (χ2v) is 6.93. The first-order valence-electron chi connectivity index (χ1n) is 9.46. The largest absolute Gasteiger partial charge is 0.488 e. The molecule has 1 saturated heterocycles. The number of halogens is 3. The van der Waals surface area contributed by atoms with Crippen LogP contribution in [0.15, 0.2) is 24.4 Å². The van der Waals surface area contributed by atoms with Crippen molar-refractivity contribution >= 4 is 23.1 Å². The van der Waals surface area contributed by atoms with E-state index in [2.05, 4.69) is 25.5 Å². The van der Waals surface area contributed by atoms with Crippen LogP contribution in [0, 0.1) is 0 Å². The van der Waals surface area contributed by atoms with E-state index in [4.69, 9.17) is 9.47 Å². The smallest absolute Gasteiger partial charge is 0.421 e. The van der Waals surface area contributed by atoms with Gasteiger partial charge < -0.3 is 25.0 Å². The van der Waals surface area contributed by atoms with Crippen molar-refractivity contribution in [1.82, 2.24) is 9.97 Å². The summed E-state index contributed by atoms with van der Waals surface area (Å²) in [5, 5.41) is 5.47. The van der Waals surface area contributed by atoms with Gasteiger partial charge in [-0.05, 0) is 25.0 Å². The number of nitrogens with one attached hydrogen (secondary N) is 2. The molecule has 0 bridgehead atoms. The van der Waals surface area contributed by atoms with E-state index in [1.54, 1.807) is 0 Å². The monoisotopic (exact) mass is 409 g/mol. The van der Waals surface area contributed by atoms with Crippen molar-refractivity contribution in [1.29, 1.82) is 0 Å². The second-order valence-electron chi connectivity index (χ2n) is 6.93. The Morgan fingerprint density at radius 3 is 2.62 bits per heavy atom. The molecule has 156 valence electrons. The molecule has 1 aromatic carbocycles. The maximum absolute atomic E-state index is 13.1. The first-order chi connectivity index (χ1) is 13.9. The lowest BCUT2D eigenvalue weighted by Crippen LogP contribution is -2.36. The number of nitrogens with zero attached hydrogens (tertiary/aromatic N) is 3. The second kappa shape index (κ2) is 7.94. The lowest BCUT2D eigenvalue weighted by atomic mass is 10.2. The fraction of sp³-hybridized carbons (Fsp3) is 0.474. The SMILES string of the molecule is CNc1nc(Nc2ccc(N3CCOCC3)cc2OC2CC2)ncc1C(F)(F)F. The number of hydrogen-bond acceptors (Lipinski definition) is 7. The minimum atomic E-state index is -4.53. The van der Waals surface area contributed by atoms with Gasteiger partial charge in [-0.15, -0.1) is 0 Å². The van der Waals surface area contributed by atoms with E-state index >= 15 is 0 Å². The Hall–Kier alpha value is -2.75. The van der Waals surface area contributed by atoms with E-state index in [9.17, 15) is 13.2 Å². The van der Waals surface area contributed by atoms with E-state index in [1.165, 1.54) is 7.05 Å². The molecule has 2 N–H and O–H groups in total. The average Bonchev–Trinajstić information content (AvgIpc) is 3.53. The van der Waals surface area contributed by atoms with Crippen molar-refractivity contribution in [2.24, 2.45) is 0 Å². The third-order valence-corrected chi connectivity index (χ3v) is 4.74. The van der Waals surface area contributed by atoms with E-state index in [1.807, 2.05) is 18.2 Å². The molecule has 4 rings (SSSR count). The molecule has 2 aliphatic rings. The van der Waals surface area contributed by atoms with Crippen LogP contribution in [0.3, 0.4) is 0 Å². The molecule has 1 aliphatic heterocycles. The number of morpholine rings is 1. The summed E-state index contributed by atoms with van der Waals surface area (Å²) >= 11 is 0. The fourth-order valence-electron chi connectivity index (χ4n) is 3.06. The summed E-state index contributed by atoms with van der Waals surface area (Å²) in [6.07, 6.45) is -1.62. The number of rotatable bonds is 6. The van der Waals surface area contributed by atoms with Crippen molar-refractivity contribution in [2.75, 3.05) is 48.9 Å². The summed E-state index contributed by atoms with van der Waals surface area (Å²) in [6.45, 7) is 2.93. The predicted octanol–water partition coefficient (Wildman–Crippen LogP) is 3.66. The summed E-state index contributed by atoms with van der Waals surface area (Å²) < 4.78 is 50.6. The van der Waals surface area contributed by atoms with Crippen LogP contribution in [0.2, 0.25) is 0 Å². The van der Waals surface area contributed by atoms with Gasteiger partial charge in [-0.1, -0.05) is 0 Å². The van der Waals surface area contributed by atoms with Gasteiger partial charge in [0, 0.05) is 38.1 Å². The van der Waals surface area contributed by atoms with E-state index in [0.717, 1.165) is 37.8 Å². The van der Waals surface area contributed by atoms with Crippen LogP contribution >= 0.6 is 0 Å². The Bertz CT molecular complexity index is 867. The summed E-state index contributed by atoms with van der Waals surface area (Å²) in [5.41, 5.74) is 0.706. The molecule has 0 unspecified atom stereocenters. The minimum absolute atomic E-state index is 0.0575. The molecular formula is C19H22F3N5O2. The molecule has 1 saturated carbocycles. The van der Waals surface area contributed by atoms with Crippen molar-refractivity contribution in [3.8, 4) is 5.75 Å². The number of aromatic nitrogens is 2. The lowest BCUT2D eigenvalue weighted by molar-refractivity contribution is -0.137. The Labute approximate surface area is 166 Å². The molecule has 2 fully saturated rings. The minimum Gasteiger partial charge on any atom is -0.488 e. The zero-order valence-corrected chi connectivity index (χ0v) is 15.9. The molecule has 0 radical (unpaired) electrons. The zero-order valence-electron chi connectivity index (χ0n) is 15.9. The van der Waals surface area contributed by atoms with Crippen LogP contribution in [0.25, 0.3) is 0 Å². The van der Waals surface area contributed by atoms with Gasteiger partial charge in [0.05, 0.1) is 25.0 Å². The van der Waals surface area contributed by atoms with E-state index in [0.29, 0.717) is 24.7 Å². The highest BCUT2D eigenvalue weighted by Crippen LogP contribution is 2.37. The fourth-order valence-corrected chi connectivity index (χ4v) is 3.06. The zero-order chi connectivity index (χ0) is 20.4. The highest BCUT2D eigenvalue weighted by atomic mass is 19.4. The van der Waals surface area contributed by atoms with Gasteiger partial charge in [0.1, 0.15) is 17.1 Å². The molecule has 2 heterocycles. The van der Waals surface area contributed by atoms with Crippen LogP contribution in [-0.2, 0) is 10.9 Å². The molecule has 2 aromatic rings. The first kappa shape index (κ1) is 19.6. The third-order valence-electron chi connectivity index (χ3n) is 4.74. The molecule has 1 aromatic heterocycles. The van der Waals surface area contributed by atoms with Crippen molar-refractivity contribution < 1.29 is 22.6 Å². The van der Waals surface area contributed by atoms with Gasteiger partial charge in [-0.25, -0.2) is 4.98 Å². The van der Waals surface area contributed by atoms with Gasteiger partial charge in [0.2, 0.25) is 5.95 Å². The Morgan fingerprint density at radius 1 is 1.21 bits per heavy atom. The summed E-state index contributed by atoms with van der Waals surface area (Å²) in [6, 6.07) is 5.72. The third kappa shape index (κ3) is 4.64. The number of ether oxygens (including phenoxy) is 2. The van der Waals surface area contributed by atoms with Gasteiger partial charge in [0.25, 0.3) is 0 Å². The Morgan fingerprint density at radius 2 is 1.97 bits per heavy atom. The Balaban J connectivity index is 1.60. The van der Waals surface area contributed by atoms with Gasteiger partial charge in [-0.2, -0.15) is 18.2 Å². The number of alkyl halides is 3. The number of hydrogen-bond donors (Lipinski definition) is 2. The standard InChI is InChI=1S/C19H22F3N5O2/c1-23-17-14(19(20,21)22)11-24-18(26-17)25-15-5-2-12(27-6-8-28-9-7-27)10-16(15)29-13-3-4-13/h2,5,10-11,13H,3-4,6-9H2,1H3,(H2,23,24,25,26). The molecule has 0 atom stereocenters. The molecule has 10 heteroatoms. The van der Waals surface area contributed by atoms with Crippen LogP contribution < -0.4 is 20.3 Å². The highest BCUT2D eigenvalue weighted by Gasteiger charge is 2.35. The first-order valence-corrected chi connectivity index (χ1v) is 9.46. The lowest BCUT2D eigenvalue weighted by Gasteiger charge is -2.29. The topological polar surface area (TPSA) is 71.5 Å². The Kier molecular flexibility index (Phi) is 5.35. The number of anilines is 4. The predicted molar refractivity (Wildman–Crippen MR) is 103 cm³/mol. The summed E-state index contributed by atoms with van der Waals surface area (Å²) in [7, 11) is 1.39. The molecule has 29 heavy (non-hydrogen) atoms. The molecule has 7 nitrogen and oxygen atoms in total. The summed E-state index contributed by atoms with van der Waals surface area (Å²) in [5.74, 6) is 0.401. The van der Waals surface area contributed by atoms with Crippen LogP contribution in [0.5, 0.6) is 5.75 Å². The van der Waals surface area contributed by atoms with Crippen LogP contribution in [-0.4, -0.2) is 49.4 Å². The maximum atomic E-state index is 13.1.